The third-order valence-corrected chi connectivity index (χ3v) is 5.83. The molecule has 156 valence electrons. The largest absolute Gasteiger partial charge is 0.494 e. The van der Waals surface area contributed by atoms with E-state index in [1.165, 1.54) is 6.07 Å². The van der Waals surface area contributed by atoms with Crippen LogP contribution in [0.15, 0.2) is 53.4 Å². The first-order valence-corrected chi connectivity index (χ1v) is 11.2. The van der Waals surface area contributed by atoms with E-state index in [1.54, 1.807) is 24.3 Å². The topological polar surface area (TPSA) is 58.6 Å². The van der Waals surface area contributed by atoms with Crippen LogP contribution in [0.4, 0.5) is 0 Å². The molecule has 1 heterocycles. The third-order valence-electron chi connectivity index (χ3n) is 4.29. The Morgan fingerprint density at radius 1 is 1.23 bits per heavy atom. The van der Waals surface area contributed by atoms with E-state index in [9.17, 15) is 9.59 Å². The molecule has 0 spiro atoms. The van der Waals surface area contributed by atoms with Crippen LogP contribution in [0, 0.1) is 0 Å². The number of nitrogens with zero attached hydrogens (tertiary/aromatic N) is 1. The second-order valence-corrected chi connectivity index (χ2v) is 8.71. The molecule has 2 aromatic carbocycles. The number of hydrazine groups is 1. The minimum Gasteiger partial charge on any atom is -0.494 e. The SMILES string of the molecule is CCCCCOc1ccc(/C=C2\SC(=S)N(NC(=O)c3cccc(Cl)c3)C2=O)cc1. The number of ether oxygens (including phenoxy) is 1. The maximum atomic E-state index is 12.7. The van der Waals surface area contributed by atoms with Gasteiger partial charge < -0.3 is 4.74 Å². The summed E-state index contributed by atoms with van der Waals surface area (Å²) in [7, 11) is 0. The summed E-state index contributed by atoms with van der Waals surface area (Å²) in [6.45, 7) is 2.85. The highest BCUT2D eigenvalue weighted by molar-refractivity contribution is 8.26. The molecule has 1 N–H and O–H groups in total. The van der Waals surface area contributed by atoms with Crippen LogP contribution in [0.2, 0.25) is 5.02 Å². The van der Waals surface area contributed by atoms with Crippen molar-refractivity contribution in [2.75, 3.05) is 6.61 Å². The van der Waals surface area contributed by atoms with Crippen LogP contribution in [0.25, 0.3) is 6.08 Å². The lowest BCUT2D eigenvalue weighted by molar-refractivity contribution is -0.123. The molecule has 0 saturated carbocycles. The van der Waals surface area contributed by atoms with Gasteiger partial charge in [-0.3, -0.25) is 15.0 Å². The summed E-state index contributed by atoms with van der Waals surface area (Å²) in [5.41, 5.74) is 3.73. The molecule has 1 aliphatic heterocycles. The number of rotatable bonds is 8. The van der Waals surface area contributed by atoms with E-state index in [4.69, 9.17) is 28.6 Å². The van der Waals surface area contributed by atoms with Crippen LogP contribution in [0.5, 0.6) is 5.75 Å². The lowest BCUT2D eigenvalue weighted by atomic mass is 10.2. The normalized spacial score (nSPS) is 15.0. The predicted molar refractivity (Wildman–Crippen MR) is 125 cm³/mol. The monoisotopic (exact) mass is 460 g/mol. The molecule has 1 fully saturated rings. The van der Waals surface area contributed by atoms with E-state index in [0.29, 0.717) is 22.1 Å². The fraction of sp³-hybridized carbons (Fsp3) is 0.227. The van der Waals surface area contributed by atoms with Gasteiger partial charge in [0.25, 0.3) is 11.8 Å². The van der Waals surface area contributed by atoms with Crippen molar-refractivity contribution in [1.82, 2.24) is 10.4 Å². The molecule has 30 heavy (non-hydrogen) atoms. The summed E-state index contributed by atoms with van der Waals surface area (Å²) in [6, 6.07) is 14.0. The van der Waals surface area contributed by atoms with E-state index in [1.807, 2.05) is 24.3 Å². The first-order valence-electron chi connectivity index (χ1n) is 9.55. The van der Waals surface area contributed by atoms with Gasteiger partial charge in [0.1, 0.15) is 5.75 Å². The number of thioether (sulfide) groups is 1. The van der Waals surface area contributed by atoms with Crippen molar-refractivity contribution >= 4 is 57.8 Å². The number of benzene rings is 2. The molecule has 3 rings (SSSR count). The number of carbonyl (C=O) groups is 2. The average Bonchev–Trinajstić information content (AvgIpc) is 2.99. The molecule has 0 atom stereocenters. The smallest absolute Gasteiger partial charge is 0.285 e. The summed E-state index contributed by atoms with van der Waals surface area (Å²) < 4.78 is 5.97. The van der Waals surface area contributed by atoms with E-state index < -0.39 is 5.91 Å². The Hall–Kier alpha value is -2.35. The van der Waals surface area contributed by atoms with Crippen molar-refractivity contribution in [1.29, 1.82) is 0 Å². The molecule has 5 nitrogen and oxygen atoms in total. The number of unbranched alkanes of at least 4 members (excludes halogenated alkanes) is 2. The Labute approximate surface area is 190 Å². The van der Waals surface area contributed by atoms with Gasteiger partial charge in [0.15, 0.2) is 4.32 Å². The highest BCUT2D eigenvalue weighted by Crippen LogP contribution is 2.31. The number of amides is 2. The van der Waals surface area contributed by atoms with Crippen LogP contribution in [-0.4, -0.2) is 27.8 Å². The molecule has 2 amide bonds. The van der Waals surface area contributed by atoms with Gasteiger partial charge in [0.2, 0.25) is 0 Å². The molecule has 1 saturated heterocycles. The zero-order valence-corrected chi connectivity index (χ0v) is 18.8. The Morgan fingerprint density at radius 2 is 2.00 bits per heavy atom. The van der Waals surface area contributed by atoms with Crippen molar-refractivity contribution < 1.29 is 14.3 Å². The standard InChI is InChI=1S/C22H21ClN2O3S2/c1-2-3-4-12-28-18-10-8-15(9-11-18)13-19-21(27)25(22(29)30-19)24-20(26)16-6-5-7-17(23)14-16/h5-11,13-14H,2-4,12H2,1H3,(H,24,26)/b19-13-. The first-order chi connectivity index (χ1) is 14.5. The van der Waals surface area contributed by atoms with E-state index in [-0.39, 0.29) is 10.2 Å². The highest BCUT2D eigenvalue weighted by Gasteiger charge is 2.33. The van der Waals surface area contributed by atoms with Gasteiger partial charge in [-0.05, 0) is 60.6 Å². The van der Waals surface area contributed by atoms with Gasteiger partial charge in [-0.1, -0.05) is 61.3 Å². The van der Waals surface area contributed by atoms with Crippen molar-refractivity contribution in [3.8, 4) is 5.75 Å². The summed E-state index contributed by atoms with van der Waals surface area (Å²) in [5.74, 6) is -0.0375. The number of halogens is 1. The van der Waals surface area contributed by atoms with Gasteiger partial charge >= 0.3 is 0 Å². The fourth-order valence-corrected chi connectivity index (χ4v) is 4.08. The molecule has 0 aromatic heterocycles. The molecule has 0 radical (unpaired) electrons. The van der Waals surface area contributed by atoms with Crippen molar-refractivity contribution in [2.45, 2.75) is 26.2 Å². The first kappa shape index (κ1) is 22.3. The average molecular weight is 461 g/mol. The zero-order chi connectivity index (χ0) is 21.5. The molecular weight excluding hydrogens is 440 g/mol. The molecule has 0 aliphatic carbocycles. The predicted octanol–water partition coefficient (Wildman–Crippen LogP) is 5.46. The molecule has 1 aliphatic rings. The summed E-state index contributed by atoms with van der Waals surface area (Å²) >= 11 is 12.3. The molecule has 2 aromatic rings. The second-order valence-electron chi connectivity index (χ2n) is 6.59. The maximum Gasteiger partial charge on any atom is 0.285 e. The van der Waals surface area contributed by atoms with Gasteiger partial charge in [0.05, 0.1) is 11.5 Å². The van der Waals surface area contributed by atoms with E-state index >= 15 is 0 Å². The second kappa shape index (κ2) is 10.6. The number of thiocarbonyl (C=S) groups is 1. The Bertz CT molecular complexity index is 977. The van der Waals surface area contributed by atoms with Crippen molar-refractivity contribution in [3.63, 3.8) is 0 Å². The highest BCUT2D eigenvalue weighted by atomic mass is 35.5. The number of carbonyl (C=O) groups excluding carboxylic acids is 2. The number of hydrogen-bond acceptors (Lipinski definition) is 5. The summed E-state index contributed by atoms with van der Waals surface area (Å²) in [6.07, 6.45) is 5.07. The van der Waals surface area contributed by atoms with Gasteiger partial charge in [-0.15, -0.1) is 0 Å². The van der Waals surface area contributed by atoms with Gasteiger partial charge in [0, 0.05) is 10.6 Å². The van der Waals surface area contributed by atoms with Crippen LogP contribution >= 0.6 is 35.6 Å². The summed E-state index contributed by atoms with van der Waals surface area (Å²) in [5, 5.41) is 1.52. The lowest BCUT2D eigenvalue weighted by Gasteiger charge is -2.15. The molecule has 8 heteroatoms. The van der Waals surface area contributed by atoms with Crippen LogP contribution < -0.4 is 10.2 Å². The van der Waals surface area contributed by atoms with Crippen molar-refractivity contribution in [2.24, 2.45) is 0 Å². The Balaban J connectivity index is 1.63. The van der Waals surface area contributed by atoms with Crippen LogP contribution in [-0.2, 0) is 4.79 Å². The quantitative estimate of drug-likeness (QED) is 0.322. The van der Waals surface area contributed by atoms with Crippen LogP contribution in [0.1, 0.15) is 42.1 Å². The third kappa shape index (κ3) is 5.84. The fourth-order valence-electron chi connectivity index (χ4n) is 2.71. The van der Waals surface area contributed by atoms with Crippen molar-refractivity contribution in [3.05, 3.63) is 69.6 Å². The summed E-state index contributed by atoms with van der Waals surface area (Å²) in [4.78, 5) is 25.5. The number of hydrogen-bond donors (Lipinski definition) is 1. The van der Waals surface area contributed by atoms with Gasteiger partial charge in [-0.25, -0.2) is 0 Å². The molecular formula is C22H21ClN2O3S2. The Morgan fingerprint density at radius 3 is 2.70 bits per heavy atom. The minimum atomic E-state index is -0.459. The van der Waals surface area contributed by atoms with E-state index in [0.717, 1.165) is 47.3 Å². The molecule has 0 bridgehead atoms. The molecule has 0 unspecified atom stereocenters. The Kier molecular flexibility index (Phi) is 7.90. The van der Waals surface area contributed by atoms with Gasteiger partial charge in [-0.2, -0.15) is 5.01 Å². The lowest BCUT2D eigenvalue weighted by Crippen LogP contribution is -2.44. The van der Waals surface area contributed by atoms with Crippen LogP contribution in [0.3, 0.4) is 0 Å². The zero-order valence-electron chi connectivity index (χ0n) is 16.4. The maximum absolute atomic E-state index is 12.7. The van der Waals surface area contributed by atoms with E-state index in [2.05, 4.69) is 12.3 Å². The minimum absolute atomic E-state index is 0.262. The number of nitrogens with one attached hydrogen (secondary N) is 1.